The third-order valence-corrected chi connectivity index (χ3v) is 9.64. The monoisotopic (exact) mass is 382 g/mol. The molecule has 0 heterocycles. The molecule has 1 rings (SSSR count). The highest BCUT2D eigenvalue weighted by molar-refractivity contribution is 6.74. The van der Waals surface area contributed by atoms with Gasteiger partial charge in [0, 0.05) is 19.2 Å². The Bertz CT molecular complexity index is 585. The summed E-state index contributed by atoms with van der Waals surface area (Å²) in [5, 5.41) is 23.6. The summed E-state index contributed by atoms with van der Waals surface area (Å²) in [5.74, 6) is 0. The molecule has 2 N–H and O–H groups in total. The van der Waals surface area contributed by atoms with Gasteiger partial charge >= 0.3 is 0 Å². The second-order valence-electron chi connectivity index (χ2n) is 8.22. The molecule has 6 nitrogen and oxygen atoms in total. The number of rotatable bonds is 11. The molecule has 0 saturated carbocycles. The van der Waals surface area contributed by atoms with Crippen LogP contribution in [0, 0.1) is 10.1 Å². The molecule has 0 aromatic heterocycles. The molecule has 0 spiro atoms. The van der Waals surface area contributed by atoms with E-state index in [2.05, 4.69) is 39.2 Å². The van der Waals surface area contributed by atoms with E-state index in [1.54, 1.807) is 12.1 Å². The topological polar surface area (TPSA) is 84.6 Å². The molecule has 148 valence electrons. The van der Waals surface area contributed by atoms with Gasteiger partial charge in [-0.25, -0.2) is 0 Å². The molecular weight excluding hydrogens is 348 g/mol. The van der Waals surface area contributed by atoms with Crippen molar-refractivity contribution in [3.8, 4) is 0 Å². The normalized spacial score (nSPS) is 12.2. The van der Waals surface area contributed by atoms with Crippen LogP contribution in [0.1, 0.15) is 52.0 Å². The van der Waals surface area contributed by atoms with E-state index in [1.807, 2.05) is 0 Å². The first-order valence-corrected chi connectivity index (χ1v) is 12.3. The minimum Gasteiger partial charge on any atom is -0.417 e. The van der Waals surface area contributed by atoms with E-state index >= 15 is 0 Å². The fourth-order valence-corrected chi connectivity index (χ4v) is 3.41. The zero-order chi connectivity index (χ0) is 19.8. The highest BCUT2D eigenvalue weighted by atomic mass is 28.4. The quantitative estimate of drug-likeness (QED) is 0.241. The molecule has 0 radical (unpaired) electrons. The van der Waals surface area contributed by atoms with Gasteiger partial charge < -0.3 is 14.8 Å². The van der Waals surface area contributed by atoms with Gasteiger partial charge in [0.2, 0.25) is 0 Å². The highest BCUT2D eigenvalue weighted by Crippen LogP contribution is 2.36. The van der Waals surface area contributed by atoms with Crippen molar-refractivity contribution in [2.75, 3.05) is 18.5 Å². The number of aliphatic hydroxyl groups excluding tert-OH is 1. The van der Waals surface area contributed by atoms with Gasteiger partial charge in [-0.1, -0.05) is 39.7 Å². The zero-order valence-electron chi connectivity index (χ0n) is 16.8. The smallest absolute Gasteiger partial charge is 0.292 e. The maximum Gasteiger partial charge on any atom is 0.292 e. The summed E-state index contributed by atoms with van der Waals surface area (Å²) < 4.78 is 6.16. The molecule has 0 aliphatic carbocycles. The Balaban J connectivity index is 2.27. The molecule has 0 bridgehead atoms. The number of nitrogens with zero attached hydrogens (tertiary/aromatic N) is 1. The molecule has 0 aliphatic rings. The summed E-state index contributed by atoms with van der Waals surface area (Å²) in [6, 6.07) is 4.78. The van der Waals surface area contributed by atoms with Crippen LogP contribution >= 0.6 is 0 Å². The van der Waals surface area contributed by atoms with E-state index in [-0.39, 0.29) is 17.3 Å². The van der Waals surface area contributed by atoms with E-state index in [0.717, 1.165) is 32.3 Å². The lowest BCUT2D eigenvalue weighted by atomic mass is 10.1. The van der Waals surface area contributed by atoms with Gasteiger partial charge in [0.15, 0.2) is 8.32 Å². The van der Waals surface area contributed by atoms with Gasteiger partial charge in [0.05, 0.1) is 11.5 Å². The molecule has 0 saturated heterocycles. The minimum atomic E-state index is -1.64. The number of hydrogen-bond donors (Lipinski definition) is 2. The third kappa shape index (κ3) is 7.05. The average molecular weight is 383 g/mol. The number of aliphatic hydroxyl groups is 1. The Hall–Kier alpha value is -1.44. The molecule has 26 heavy (non-hydrogen) atoms. The summed E-state index contributed by atoms with van der Waals surface area (Å²) in [6.07, 6.45) is 4.18. The fraction of sp³-hybridized carbons (Fsp3) is 0.684. The van der Waals surface area contributed by atoms with Crippen molar-refractivity contribution in [2.24, 2.45) is 0 Å². The maximum atomic E-state index is 11.1. The van der Waals surface area contributed by atoms with Crippen molar-refractivity contribution in [2.45, 2.75) is 71.2 Å². The fourth-order valence-electron chi connectivity index (χ4n) is 2.32. The van der Waals surface area contributed by atoms with Crippen molar-refractivity contribution in [3.63, 3.8) is 0 Å². The number of nitrogens with one attached hydrogen (secondary N) is 1. The van der Waals surface area contributed by atoms with Gasteiger partial charge in [-0.3, -0.25) is 10.1 Å². The molecule has 1 aromatic rings. The lowest BCUT2D eigenvalue weighted by Crippen LogP contribution is -2.40. The minimum absolute atomic E-state index is 0.0133. The van der Waals surface area contributed by atoms with Crippen molar-refractivity contribution < 1.29 is 14.5 Å². The van der Waals surface area contributed by atoms with Crippen LogP contribution in [0.25, 0.3) is 0 Å². The number of unbranched alkanes of at least 4 members (excludes halogenated alkanes) is 3. The number of nitro benzene ring substituents is 1. The first-order chi connectivity index (χ1) is 12.1. The predicted octanol–water partition coefficient (Wildman–Crippen LogP) is 5.08. The number of benzene rings is 1. The summed E-state index contributed by atoms with van der Waals surface area (Å²) in [5.41, 5.74) is 1.07. The van der Waals surface area contributed by atoms with Crippen molar-refractivity contribution >= 4 is 19.7 Å². The summed E-state index contributed by atoms with van der Waals surface area (Å²) in [7, 11) is -1.64. The molecule has 0 amide bonds. The lowest BCUT2D eigenvalue weighted by Gasteiger charge is -2.36. The summed E-state index contributed by atoms with van der Waals surface area (Å²) in [4.78, 5) is 10.7. The van der Waals surface area contributed by atoms with Crippen LogP contribution in [0.2, 0.25) is 18.1 Å². The highest BCUT2D eigenvalue weighted by Gasteiger charge is 2.36. The standard InChI is InChI=1S/C19H34N2O4Si/c1-19(2,3)26(4,5)25-13-9-7-6-8-12-20-17-11-10-16(15-22)14-18(17)21(23)24/h10-11,14,20,22H,6-9,12-13,15H2,1-5H3. The predicted molar refractivity (Wildman–Crippen MR) is 109 cm³/mol. The van der Waals surface area contributed by atoms with Crippen LogP contribution in [0.4, 0.5) is 11.4 Å². The molecule has 0 unspecified atom stereocenters. The zero-order valence-corrected chi connectivity index (χ0v) is 17.8. The van der Waals surface area contributed by atoms with E-state index in [4.69, 9.17) is 9.53 Å². The van der Waals surface area contributed by atoms with E-state index < -0.39 is 13.2 Å². The average Bonchev–Trinajstić information content (AvgIpc) is 2.56. The van der Waals surface area contributed by atoms with E-state index in [1.165, 1.54) is 6.07 Å². The van der Waals surface area contributed by atoms with Gasteiger partial charge in [0.1, 0.15) is 5.69 Å². The maximum absolute atomic E-state index is 11.1. The van der Waals surface area contributed by atoms with Crippen LogP contribution < -0.4 is 5.32 Å². The summed E-state index contributed by atoms with van der Waals surface area (Å²) >= 11 is 0. The Morgan fingerprint density at radius 3 is 2.42 bits per heavy atom. The van der Waals surface area contributed by atoms with E-state index in [9.17, 15) is 10.1 Å². The molecular formula is C19H34N2O4Si. The second-order valence-corrected chi connectivity index (χ2v) is 13.0. The lowest BCUT2D eigenvalue weighted by molar-refractivity contribution is -0.384. The van der Waals surface area contributed by atoms with Gasteiger partial charge in [-0.2, -0.15) is 0 Å². The third-order valence-electron chi connectivity index (χ3n) is 5.10. The van der Waals surface area contributed by atoms with Gasteiger partial charge in [-0.05, 0) is 42.6 Å². The number of hydrogen-bond acceptors (Lipinski definition) is 5. The van der Waals surface area contributed by atoms with Crippen molar-refractivity contribution in [1.82, 2.24) is 0 Å². The first-order valence-electron chi connectivity index (χ1n) is 9.34. The SMILES string of the molecule is CC(C)(C)[Si](C)(C)OCCCCCCNc1ccc(CO)cc1[N+](=O)[O-]. The van der Waals surface area contributed by atoms with Gasteiger partial charge in [-0.15, -0.1) is 0 Å². The Kier molecular flexibility index (Phi) is 8.72. The Morgan fingerprint density at radius 1 is 1.19 bits per heavy atom. The Labute approximate surface area is 158 Å². The van der Waals surface area contributed by atoms with Crippen molar-refractivity contribution in [3.05, 3.63) is 33.9 Å². The first kappa shape index (κ1) is 22.6. The molecule has 0 atom stereocenters. The summed E-state index contributed by atoms with van der Waals surface area (Å²) in [6.45, 7) is 12.6. The van der Waals surface area contributed by atoms with Crippen molar-refractivity contribution in [1.29, 1.82) is 0 Å². The largest absolute Gasteiger partial charge is 0.417 e. The van der Waals surface area contributed by atoms with Gasteiger partial charge in [0.25, 0.3) is 5.69 Å². The van der Waals surface area contributed by atoms with Crippen LogP contribution in [0.3, 0.4) is 0 Å². The number of nitro groups is 1. The van der Waals surface area contributed by atoms with Crippen LogP contribution in [-0.2, 0) is 11.0 Å². The molecule has 1 aromatic carbocycles. The number of anilines is 1. The van der Waals surface area contributed by atoms with Crippen LogP contribution in [0.5, 0.6) is 0 Å². The Morgan fingerprint density at radius 2 is 1.85 bits per heavy atom. The van der Waals surface area contributed by atoms with Crippen LogP contribution in [-0.4, -0.2) is 31.5 Å². The van der Waals surface area contributed by atoms with Crippen LogP contribution in [0.15, 0.2) is 18.2 Å². The molecule has 0 fully saturated rings. The molecule has 0 aliphatic heterocycles. The van der Waals surface area contributed by atoms with E-state index in [0.29, 0.717) is 17.8 Å². The molecule has 7 heteroatoms. The second kappa shape index (κ2) is 10.0.